The summed E-state index contributed by atoms with van der Waals surface area (Å²) in [6.07, 6.45) is 1.64. The Balaban J connectivity index is 2.11. The van der Waals surface area contributed by atoms with Crippen molar-refractivity contribution in [2.45, 2.75) is 19.4 Å². The molecule has 28 heavy (non-hydrogen) atoms. The minimum Gasteiger partial charge on any atom is -0.495 e. The van der Waals surface area contributed by atoms with Crippen LogP contribution in [0.4, 0.5) is 5.69 Å². The van der Waals surface area contributed by atoms with Gasteiger partial charge in [-0.05, 0) is 49.2 Å². The van der Waals surface area contributed by atoms with Crippen LogP contribution in [0, 0.1) is 0 Å². The topological polar surface area (TPSA) is 75.7 Å². The van der Waals surface area contributed by atoms with E-state index in [1.165, 1.54) is 20.1 Å². The number of anilines is 1. The Hall–Kier alpha value is -1.96. The van der Waals surface area contributed by atoms with Crippen molar-refractivity contribution in [1.29, 1.82) is 0 Å². The van der Waals surface area contributed by atoms with Crippen molar-refractivity contribution in [3.63, 3.8) is 0 Å². The van der Waals surface area contributed by atoms with Gasteiger partial charge in [-0.25, -0.2) is 8.42 Å². The summed E-state index contributed by atoms with van der Waals surface area (Å²) < 4.78 is 30.8. The summed E-state index contributed by atoms with van der Waals surface area (Å²) >= 11 is 12.0. The molecule has 2 rings (SSSR count). The third kappa shape index (κ3) is 5.77. The molecule has 152 valence electrons. The standard InChI is InChI=1S/C19H22Cl2N2O4S/c1-13(19(24)22-11-10-14-4-6-15(20)7-5-14)23(28(3,25)26)16-8-9-18(27-2)17(21)12-16/h4-9,12-13H,10-11H2,1-3H3,(H,22,24). The van der Waals surface area contributed by atoms with Gasteiger partial charge in [0.2, 0.25) is 15.9 Å². The molecule has 2 aromatic rings. The predicted octanol–water partition coefficient (Wildman–Crippen LogP) is 3.52. The lowest BCUT2D eigenvalue weighted by Gasteiger charge is -2.28. The van der Waals surface area contributed by atoms with E-state index in [4.69, 9.17) is 27.9 Å². The van der Waals surface area contributed by atoms with Crippen molar-refractivity contribution >= 4 is 44.8 Å². The number of methoxy groups -OCH3 is 1. The largest absolute Gasteiger partial charge is 0.495 e. The summed E-state index contributed by atoms with van der Waals surface area (Å²) in [6, 6.07) is 10.9. The zero-order valence-corrected chi connectivity index (χ0v) is 18.1. The number of benzene rings is 2. The van der Waals surface area contributed by atoms with Gasteiger partial charge in [-0.2, -0.15) is 0 Å². The molecule has 0 spiro atoms. The van der Waals surface area contributed by atoms with Crippen molar-refractivity contribution in [2.24, 2.45) is 0 Å². The Morgan fingerprint density at radius 2 is 1.82 bits per heavy atom. The number of hydrogen-bond acceptors (Lipinski definition) is 4. The van der Waals surface area contributed by atoms with Crippen molar-refractivity contribution in [2.75, 3.05) is 24.2 Å². The van der Waals surface area contributed by atoms with Gasteiger partial charge in [-0.3, -0.25) is 9.10 Å². The molecule has 0 aliphatic heterocycles. The number of sulfonamides is 1. The molecule has 0 aliphatic carbocycles. The van der Waals surface area contributed by atoms with E-state index >= 15 is 0 Å². The van der Waals surface area contributed by atoms with Crippen LogP contribution >= 0.6 is 23.2 Å². The van der Waals surface area contributed by atoms with Crippen LogP contribution in [0.3, 0.4) is 0 Å². The first-order valence-electron chi connectivity index (χ1n) is 8.48. The van der Waals surface area contributed by atoms with Crippen LogP contribution in [0.15, 0.2) is 42.5 Å². The fourth-order valence-electron chi connectivity index (χ4n) is 2.73. The molecule has 6 nitrogen and oxygen atoms in total. The van der Waals surface area contributed by atoms with Crippen LogP contribution in [-0.2, 0) is 21.2 Å². The van der Waals surface area contributed by atoms with Crippen molar-refractivity contribution in [3.8, 4) is 5.75 Å². The Kier molecular flexibility index (Phi) is 7.57. The molecule has 9 heteroatoms. The molecule has 0 saturated carbocycles. The van der Waals surface area contributed by atoms with Crippen LogP contribution in [0.2, 0.25) is 10.0 Å². The van der Waals surface area contributed by atoms with E-state index in [2.05, 4.69) is 5.32 Å². The summed E-state index contributed by atoms with van der Waals surface area (Å²) in [4.78, 5) is 12.6. The number of hydrogen-bond donors (Lipinski definition) is 1. The quantitative estimate of drug-likeness (QED) is 0.675. The highest BCUT2D eigenvalue weighted by Crippen LogP contribution is 2.31. The van der Waals surface area contributed by atoms with E-state index in [0.29, 0.717) is 23.7 Å². The van der Waals surface area contributed by atoms with Crippen LogP contribution in [-0.4, -0.2) is 40.3 Å². The maximum absolute atomic E-state index is 12.6. The predicted molar refractivity (Wildman–Crippen MR) is 113 cm³/mol. The molecular formula is C19H22Cl2N2O4S. The highest BCUT2D eigenvalue weighted by Gasteiger charge is 2.29. The van der Waals surface area contributed by atoms with Crippen LogP contribution in [0.25, 0.3) is 0 Å². The molecule has 1 atom stereocenters. The Bertz CT molecular complexity index is 933. The first-order valence-corrected chi connectivity index (χ1v) is 11.1. The minimum absolute atomic E-state index is 0.254. The Morgan fingerprint density at radius 3 is 2.36 bits per heavy atom. The third-order valence-corrected chi connectivity index (χ3v) is 5.89. The molecular weight excluding hydrogens is 423 g/mol. The normalized spacial score (nSPS) is 12.3. The molecule has 0 aliphatic rings. The summed E-state index contributed by atoms with van der Waals surface area (Å²) in [6.45, 7) is 1.89. The van der Waals surface area contributed by atoms with Crippen molar-refractivity contribution in [1.82, 2.24) is 5.32 Å². The highest BCUT2D eigenvalue weighted by molar-refractivity contribution is 7.92. The number of nitrogens with zero attached hydrogens (tertiary/aromatic N) is 1. The Morgan fingerprint density at radius 1 is 1.18 bits per heavy atom. The number of ether oxygens (including phenoxy) is 1. The summed E-state index contributed by atoms with van der Waals surface area (Å²) in [5.74, 6) is 0.00488. The second kappa shape index (κ2) is 9.49. The van der Waals surface area contributed by atoms with E-state index in [-0.39, 0.29) is 10.7 Å². The van der Waals surface area contributed by atoms with E-state index in [0.717, 1.165) is 16.1 Å². The average Bonchev–Trinajstić information content (AvgIpc) is 2.62. The van der Waals surface area contributed by atoms with Gasteiger partial charge in [0, 0.05) is 11.6 Å². The van der Waals surface area contributed by atoms with E-state index in [9.17, 15) is 13.2 Å². The molecule has 1 amide bonds. The molecule has 2 aromatic carbocycles. The minimum atomic E-state index is -3.72. The molecule has 0 heterocycles. The second-order valence-electron chi connectivity index (χ2n) is 6.22. The number of halogens is 2. The molecule has 1 N–H and O–H groups in total. The lowest BCUT2D eigenvalue weighted by atomic mass is 10.1. The lowest BCUT2D eigenvalue weighted by molar-refractivity contribution is -0.121. The number of carbonyl (C=O) groups is 1. The molecule has 0 radical (unpaired) electrons. The van der Waals surface area contributed by atoms with Gasteiger partial charge in [-0.1, -0.05) is 35.3 Å². The monoisotopic (exact) mass is 444 g/mol. The Labute approximate surface area is 175 Å². The van der Waals surface area contributed by atoms with Gasteiger partial charge >= 0.3 is 0 Å². The maximum Gasteiger partial charge on any atom is 0.243 e. The smallest absolute Gasteiger partial charge is 0.243 e. The van der Waals surface area contributed by atoms with Gasteiger partial charge in [0.15, 0.2) is 0 Å². The number of rotatable bonds is 8. The highest BCUT2D eigenvalue weighted by atomic mass is 35.5. The van der Waals surface area contributed by atoms with Crippen LogP contribution in [0.1, 0.15) is 12.5 Å². The summed E-state index contributed by atoms with van der Waals surface area (Å²) in [5, 5.41) is 3.67. The number of nitrogens with one attached hydrogen (secondary N) is 1. The molecule has 0 aromatic heterocycles. The number of amides is 1. The van der Waals surface area contributed by atoms with Gasteiger partial charge in [-0.15, -0.1) is 0 Å². The lowest BCUT2D eigenvalue weighted by Crippen LogP contribution is -2.48. The van der Waals surface area contributed by atoms with Gasteiger partial charge < -0.3 is 10.1 Å². The first kappa shape index (κ1) is 22.3. The van der Waals surface area contributed by atoms with Gasteiger partial charge in [0.1, 0.15) is 11.8 Å². The fourth-order valence-corrected chi connectivity index (χ4v) is 4.27. The van der Waals surface area contributed by atoms with Gasteiger partial charge in [0.25, 0.3) is 0 Å². The van der Waals surface area contributed by atoms with Crippen LogP contribution in [0.5, 0.6) is 5.75 Å². The van der Waals surface area contributed by atoms with E-state index < -0.39 is 22.0 Å². The van der Waals surface area contributed by atoms with Crippen molar-refractivity contribution < 1.29 is 17.9 Å². The summed E-state index contributed by atoms with van der Waals surface area (Å²) in [7, 11) is -2.26. The fraction of sp³-hybridized carbons (Fsp3) is 0.316. The molecule has 0 bridgehead atoms. The van der Waals surface area contributed by atoms with Gasteiger partial charge in [0.05, 0.1) is 24.1 Å². The zero-order chi connectivity index (χ0) is 20.9. The third-order valence-electron chi connectivity index (χ3n) is 4.10. The zero-order valence-electron chi connectivity index (χ0n) is 15.8. The number of carbonyl (C=O) groups excluding carboxylic acids is 1. The molecule has 0 fully saturated rings. The average molecular weight is 445 g/mol. The van der Waals surface area contributed by atoms with Crippen molar-refractivity contribution in [3.05, 3.63) is 58.1 Å². The second-order valence-corrected chi connectivity index (χ2v) is 8.92. The van der Waals surface area contributed by atoms with E-state index in [1.54, 1.807) is 24.3 Å². The molecule has 1 unspecified atom stereocenters. The van der Waals surface area contributed by atoms with E-state index in [1.807, 2.05) is 12.1 Å². The molecule has 0 saturated heterocycles. The first-order chi connectivity index (χ1) is 13.1. The SMILES string of the molecule is COc1ccc(N(C(C)C(=O)NCCc2ccc(Cl)cc2)S(C)(=O)=O)cc1Cl. The summed E-state index contributed by atoms with van der Waals surface area (Å²) in [5.41, 5.74) is 1.30. The maximum atomic E-state index is 12.6. The van der Waals surface area contributed by atoms with Crippen LogP contribution < -0.4 is 14.4 Å².